The third kappa shape index (κ3) is 3.70. The van der Waals surface area contributed by atoms with Crippen LogP contribution in [0.4, 0.5) is 0 Å². The lowest BCUT2D eigenvalue weighted by Gasteiger charge is -2.31. The molecule has 1 aliphatic rings. The summed E-state index contributed by atoms with van der Waals surface area (Å²) in [5, 5.41) is 0. The zero-order valence-corrected chi connectivity index (χ0v) is 12.2. The molecular weight excluding hydrogens is 256 g/mol. The fraction of sp³-hybridized carbons (Fsp3) is 0.600. The molecule has 1 saturated heterocycles. The van der Waals surface area contributed by atoms with Gasteiger partial charge in [0.2, 0.25) is 5.88 Å². The van der Waals surface area contributed by atoms with Gasteiger partial charge in [-0.2, -0.15) is 0 Å². The maximum Gasteiger partial charge on any atom is 0.310 e. The monoisotopic (exact) mass is 278 g/mol. The molecule has 2 rings (SSSR count). The number of carbonyl (C=O) groups excluding carboxylic acids is 1. The van der Waals surface area contributed by atoms with Crippen LogP contribution in [0, 0.1) is 5.92 Å². The molecule has 2 heterocycles. The average molecular weight is 278 g/mol. The Bertz CT molecular complexity index is 450. The lowest BCUT2D eigenvalue weighted by molar-refractivity contribution is -0.150. The van der Waals surface area contributed by atoms with Crippen molar-refractivity contribution in [1.82, 2.24) is 9.88 Å². The number of nitrogens with zero attached hydrogens (tertiary/aromatic N) is 2. The molecule has 0 aromatic carbocycles. The predicted molar refractivity (Wildman–Crippen MR) is 75.4 cm³/mol. The summed E-state index contributed by atoms with van der Waals surface area (Å²) in [6.45, 7) is 4.79. The maximum atomic E-state index is 11.8. The largest absolute Gasteiger partial charge is 0.481 e. The molecule has 5 nitrogen and oxygen atoms in total. The van der Waals surface area contributed by atoms with E-state index in [4.69, 9.17) is 9.47 Å². The summed E-state index contributed by atoms with van der Waals surface area (Å²) in [4.78, 5) is 18.3. The second-order valence-electron chi connectivity index (χ2n) is 5.00. The molecule has 0 spiro atoms. The van der Waals surface area contributed by atoms with Crippen LogP contribution >= 0.6 is 0 Å². The van der Waals surface area contributed by atoms with E-state index in [0.29, 0.717) is 12.5 Å². The van der Waals surface area contributed by atoms with Crippen LogP contribution in [0.3, 0.4) is 0 Å². The highest BCUT2D eigenvalue weighted by Gasteiger charge is 2.27. The van der Waals surface area contributed by atoms with Crippen LogP contribution in [0.1, 0.15) is 25.3 Å². The highest BCUT2D eigenvalue weighted by Crippen LogP contribution is 2.22. The lowest BCUT2D eigenvalue weighted by atomic mass is 9.98. The Morgan fingerprint density at radius 3 is 3.15 bits per heavy atom. The van der Waals surface area contributed by atoms with Crippen molar-refractivity contribution >= 4 is 5.97 Å². The third-order valence-corrected chi connectivity index (χ3v) is 3.56. The van der Waals surface area contributed by atoms with Gasteiger partial charge in [-0.1, -0.05) is 6.07 Å². The molecule has 0 unspecified atom stereocenters. The molecule has 1 aromatic rings. The number of aromatic nitrogens is 1. The van der Waals surface area contributed by atoms with Gasteiger partial charge < -0.3 is 9.47 Å². The van der Waals surface area contributed by atoms with Gasteiger partial charge in [0, 0.05) is 24.8 Å². The molecule has 1 atom stereocenters. The van der Waals surface area contributed by atoms with Gasteiger partial charge in [0.15, 0.2) is 0 Å². The Morgan fingerprint density at radius 2 is 2.40 bits per heavy atom. The number of likely N-dealkylation sites (tertiary alicyclic amines) is 1. The summed E-state index contributed by atoms with van der Waals surface area (Å²) in [5.41, 5.74) is 1.06. The van der Waals surface area contributed by atoms with Crippen LogP contribution in [0.25, 0.3) is 0 Å². The van der Waals surface area contributed by atoms with Gasteiger partial charge in [-0.05, 0) is 32.4 Å². The highest BCUT2D eigenvalue weighted by atomic mass is 16.5. The number of rotatable bonds is 5. The molecule has 0 bridgehead atoms. The number of methoxy groups -OCH3 is 1. The van der Waals surface area contributed by atoms with Crippen molar-refractivity contribution in [1.29, 1.82) is 0 Å². The van der Waals surface area contributed by atoms with Crippen LogP contribution in [0.5, 0.6) is 5.88 Å². The first-order valence-electron chi connectivity index (χ1n) is 7.11. The van der Waals surface area contributed by atoms with E-state index in [-0.39, 0.29) is 11.9 Å². The SMILES string of the molecule is CCOC(=O)[C@H]1CCCN(Cc2cccnc2OC)C1. The van der Waals surface area contributed by atoms with Gasteiger partial charge in [0.1, 0.15) is 0 Å². The number of piperidine rings is 1. The molecule has 0 N–H and O–H groups in total. The molecular formula is C15H22N2O3. The van der Waals surface area contributed by atoms with Gasteiger partial charge >= 0.3 is 5.97 Å². The van der Waals surface area contributed by atoms with Gasteiger partial charge in [0.05, 0.1) is 19.6 Å². The van der Waals surface area contributed by atoms with Crippen molar-refractivity contribution in [3.05, 3.63) is 23.9 Å². The first-order chi connectivity index (χ1) is 9.74. The molecule has 0 amide bonds. The average Bonchev–Trinajstić information content (AvgIpc) is 2.48. The van der Waals surface area contributed by atoms with Crippen LogP contribution < -0.4 is 4.74 Å². The third-order valence-electron chi connectivity index (χ3n) is 3.56. The van der Waals surface area contributed by atoms with Crippen molar-refractivity contribution in [2.75, 3.05) is 26.8 Å². The Hall–Kier alpha value is -1.62. The molecule has 1 aliphatic heterocycles. The molecule has 1 aromatic heterocycles. The van der Waals surface area contributed by atoms with Crippen molar-refractivity contribution in [3.63, 3.8) is 0 Å². The minimum absolute atomic E-state index is 0.00799. The van der Waals surface area contributed by atoms with Gasteiger partial charge in [-0.15, -0.1) is 0 Å². The summed E-state index contributed by atoms with van der Waals surface area (Å²) in [5.74, 6) is 0.576. The Morgan fingerprint density at radius 1 is 1.55 bits per heavy atom. The number of pyridine rings is 1. The van der Waals surface area contributed by atoms with Crippen LogP contribution in [-0.2, 0) is 16.1 Å². The van der Waals surface area contributed by atoms with Crippen molar-refractivity contribution in [2.24, 2.45) is 5.92 Å². The van der Waals surface area contributed by atoms with Crippen molar-refractivity contribution < 1.29 is 14.3 Å². The second-order valence-corrected chi connectivity index (χ2v) is 5.00. The summed E-state index contributed by atoms with van der Waals surface area (Å²) in [7, 11) is 1.63. The number of carbonyl (C=O) groups is 1. The number of ether oxygens (including phenoxy) is 2. The molecule has 110 valence electrons. The highest BCUT2D eigenvalue weighted by molar-refractivity contribution is 5.72. The standard InChI is InChI=1S/C15H22N2O3/c1-3-20-15(18)13-7-5-9-17(11-13)10-12-6-4-8-16-14(12)19-2/h4,6,8,13H,3,5,7,9-11H2,1-2H3/t13-/m0/s1. The van der Waals surface area contributed by atoms with Gasteiger partial charge in [-0.3, -0.25) is 9.69 Å². The van der Waals surface area contributed by atoms with E-state index in [1.165, 1.54) is 0 Å². The van der Waals surface area contributed by atoms with E-state index in [1.54, 1.807) is 13.3 Å². The summed E-state index contributed by atoms with van der Waals surface area (Å²) in [6.07, 6.45) is 3.66. The number of hydrogen-bond donors (Lipinski definition) is 0. The zero-order valence-electron chi connectivity index (χ0n) is 12.2. The topological polar surface area (TPSA) is 51.7 Å². The molecule has 0 radical (unpaired) electrons. The molecule has 20 heavy (non-hydrogen) atoms. The van der Waals surface area contributed by atoms with Crippen molar-refractivity contribution in [2.45, 2.75) is 26.3 Å². The molecule has 0 aliphatic carbocycles. The predicted octanol–water partition coefficient (Wildman–Crippen LogP) is 1.87. The fourth-order valence-corrected chi connectivity index (χ4v) is 2.62. The smallest absolute Gasteiger partial charge is 0.310 e. The first kappa shape index (κ1) is 14.8. The maximum absolute atomic E-state index is 11.8. The molecule has 5 heteroatoms. The lowest BCUT2D eigenvalue weighted by Crippen LogP contribution is -2.39. The zero-order chi connectivity index (χ0) is 14.4. The Labute approximate surface area is 119 Å². The van der Waals surface area contributed by atoms with E-state index in [2.05, 4.69) is 9.88 Å². The van der Waals surface area contributed by atoms with E-state index < -0.39 is 0 Å². The Kier molecular flexibility index (Phi) is 5.35. The second kappa shape index (κ2) is 7.24. The fourth-order valence-electron chi connectivity index (χ4n) is 2.62. The van der Waals surface area contributed by atoms with E-state index in [9.17, 15) is 4.79 Å². The van der Waals surface area contributed by atoms with Crippen molar-refractivity contribution in [3.8, 4) is 5.88 Å². The normalized spacial score (nSPS) is 19.6. The minimum Gasteiger partial charge on any atom is -0.481 e. The quantitative estimate of drug-likeness (QED) is 0.770. The summed E-state index contributed by atoms with van der Waals surface area (Å²) in [6, 6.07) is 3.92. The molecule has 0 saturated carbocycles. The Balaban J connectivity index is 1.97. The van der Waals surface area contributed by atoms with Gasteiger partial charge in [-0.25, -0.2) is 4.98 Å². The van der Waals surface area contributed by atoms with E-state index in [0.717, 1.165) is 38.0 Å². The first-order valence-corrected chi connectivity index (χ1v) is 7.11. The number of hydrogen-bond acceptors (Lipinski definition) is 5. The van der Waals surface area contributed by atoms with Crippen LogP contribution in [-0.4, -0.2) is 42.7 Å². The van der Waals surface area contributed by atoms with Gasteiger partial charge in [0.25, 0.3) is 0 Å². The summed E-state index contributed by atoms with van der Waals surface area (Å²) < 4.78 is 10.4. The molecule has 1 fully saturated rings. The minimum atomic E-state index is -0.0737. The van der Waals surface area contributed by atoms with Crippen LogP contribution in [0.2, 0.25) is 0 Å². The van der Waals surface area contributed by atoms with Crippen LogP contribution in [0.15, 0.2) is 18.3 Å². The van der Waals surface area contributed by atoms with E-state index >= 15 is 0 Å². The summed E-state index contributed by atoms with van der Waals surface area (Å²) >= 11 is 0. The van der Waals surface area contributed by atoms with E-state index in [1.807, 2.05) is 19.1 Å². The number of esters is 1.